The van der Waals surface area contributed by atoms with E-state index in [0.717, 1.165) is 5.56 Å². The van der Waals surface area contributed by atoms with E-state index in [1.54, 1.807) is 42.6 Å². The zero-order chi connectivity index (χ0) is 16.1. The van der Waals surface area contributed by atoms with Gasteiger partial charge in [0.25, 0.3) is 5.56 Å². The van der Waals surface area contributed by atoms with Crippen LogP contribution in [0.5, 0.6) is 0 Å². The lowest BCUT2D eigenvalue weighted by atomic mass is 10.1. The summed E-state index contributed by atoms with van der Waals surface area (Å²) in [5.41, 5.74) is 6.70. The number of pyridine rings is 1. The molecule has 2 rings (SSSR count). The number of benzene rings is 1. The molecule has 1 aromatic carbocycles. The fourth-order valence-electron chi connectivity index (χ4n) is 2.15. The SMILES string of the molecule is CCC(C(=O)Nc1ccc(C(N)=S)cc1)n1ccccc1=O. The second-order valence-electron chi connectivity index (χ2n) is 4.80. The first-order valence-electron chi connectivity index (χ1n) is 6.91. The van der Waals surface area contributed by atoms with E-state index in [-0.39, 0.29) is 11.5 Å². The molecule has 1 aromatic heterocycles. The summed E-state index contributed by atoms with van der Waals surface area (Å²) >= 11 is 4.88. The largest absolute Gasteiger partial charge is 0.389 e. The number of thiocarbonyl (C=S) groups is 1. The monoisotopic (exact) mass is 315 g/mol. The van der Waals surface area contributed by atoms with Gasteiger partial charge in [0.1, 0.15) is 11.0 Å². The summed E-state index contributed by atoms with van der Waals surface area (Å²) in [4.78, 5) is 24.6. The highest BCUT2D eigenvalue weighted by Gasteiger charge is 2.19. The minimum atomic E-state index is -0.552. The van der Waals surface area contributed by atoms with Gasteiger partial charge in [0.2, 0.25) is 5.91 Å². The van der Waals surface area contributed by atoms with Crippen LogP contribution in [0.4, 0.5) is 5.69 Å². The van der Waals surface area contributed by atoms with Crippen LogP contribution in [0.15, 0.2) is 53.5 Å². The van der Waals surface area contributed by atoms with Gasteiger partial charge in [0.15, 0.2) is 0 Å². The number of hydrogen-bond acceptors (Lipinski definition) is 3. The summed E-state index contributed by atoms with van der Waals surface area (Å²) in [6, 6.07) is 11.2. The van der Waals surface area contributed by atoms with Crippen molar-refractivity contribution < 1.29 is 4.79 Å². The maximum atomic E-state index is 12.4. The molecule has 0 bridgehead atoms. The van der Waals surface area contributed by atoms with Crippen LogP contribution in [-0.4, -0.2) is 15.5 Å². The van der Waals surface area contributed by atoms with Crippen molar-refractivity contribution in [2.75, 3.05) is 5.32 Å². The van der Waals surface area contributed by atoms with Gasteiger partial charge in [-0.25, -0.2) is 0 Å². The van der Waals surface area contributed by atoms with E-state index < -0.39 is 6.04 Å². The second kappa shape index (κ2) is 7.00. The maximum Gasteiger partial charge on any atom is 0.251 e. The van der Waals surface area contributed by atoms with Gasteiger partial charge in [-0.1, -0.05) is 25.2 Å². The predicted molar refractivity (Wildman–Crippen MR) is 91.0 cm³/mol. The molecule has 1 amide bonds. The van der Waals surface area contributed by atoms with E-state index in [4.69, 9.17) is 18.0 Å². The smallest absolute Gasteiger partial charge is 0.251 e. The zero-order valence-corrected chi connectivity index (χ0v) is 13.0. The van der Waals surface area contributed by atoms with Crippen LogP contribution >= 0.6 is 12.2 Å². The topological polar surface area (TPSA) is 77.1 Å². The third-order valence-corrected chi connectivity index (χ3v) is 3.55. The van der Waals surface area contributed by atoms with E-state index in [2.05, 4.69) is 5.32 Å². The Morgan fingerprint density at radius 2 is 1.95 bits per heavy atom. The van der Waals surface area contributed by atoms with E-state index in [1.807, 2.05) is 6.92 Å². The van der Waals surface area contributed by atoms with Crippen molar-refractivity contribution in [2.45, 2.75) is 19.4 Å². The quantitative estimate of drug-likeness (QED) is 0.828. The molecule has 5 nitrogen and oxygen atoms in total. The highest BCUT2D eigenvalue weighted by atomic mass is 32.1. The lowest BCUT2D eigenvalue weighted by Gasteiger charge is -2.17. The second-order valence-corrected chi connectivity index (χ2v) is 5.24. The molecule has 0 aliphatic rings. The van der Waals surface area contributed by atoms with Gasteiger partial charge in [-0.3, -0.25) is 9.59 Å². The molecule has 0 saturated heterocycles. The van der Waals surface area contributed by atoms with Gasteiger partial charge >= 0.3 is 0 Å². The fraction of sp³-hybridized carbons (Fsp3) is 0.188. The highest BCUT2D eigenvalue weighted by Crippen LogP contribution is 2.15. The van der Waals surface area contributed by atoms with Crippen molar-refractivity contribution in [1.82, 2.24) is 4.57 Å². The molecule has 1 atom stereocenters. The molecular weight excluding hydrogens is 298 g/mol. The third-order valence-electron chi connectivity index (χ3n) is 3.31. The molecule has 22 heavy (non-hydrogen) atoms. The van der Waals surface area contributed by atoms with E-state index in [1.165, 1.54) is 10.6 Å². The Labute approximate surface area is 133 Å². The number of carbonyl (C=O) groups excluding carboxylic acids is 1. The Kier molecular flexibility index (Phi) is 5.06. The van der Waals surface area contributed by atoms with Crippen molar-refractivity contribution in [3.05, 3.63) is 64.6 Å². The minimum absolute atomic E-state index is 0.201. The summed E-state index contributed by atoms with van der Waals surface area (Å²) in [6.07, 6.45) is 2.13. The molecule has 3 N–H and O–H groups in total. The van der Waals surface area contributed by atoms with Crippen LogP contribution in [0, 0.1) is 0 Å². The van der Waals surface area contributed by atoms with Gasteiger partial charge in [-0.2, -0.15) is 0 Å². The van der Waals surface area contributed by atoms with Crippen LogP contribution in [0.2, 0.25) is 0 Å². The summed E-state index contributed by atoms with van der Waals surface area (Å²) in [7, 11) is 0. The number of nitrogens with two attached hydrogens (primary N) is 1. The first kappa shape index (κ1) is 15.9. The van der Waals surface area contributed by atoms with Crippen LogP contribution in [-0.2, 0) is 4.79 Å². The van der Waals surface area contributed by atoms with E-state index in [9.17, 15) is 9.59 Å². The summed E-state index contributed by atoms with van der Waals surface area (Å²) < 4.78 is 1.43. The Morgan fingerprint density at radius 1 is 1.27 bits per heavy atom. The van der Waals surface area contributed by atoms with Crippen molar-refractivity contribution in [3.63, 3.8) is 0 Å². The van der Waals surface area contributed by atoms with Gasteiger partial charge in [-0.05, 0) is 36.8 Å². The average Bonchev–Trinajstić information content (AvgIpc) is 2.50. The summed E-state index contributed by atoms with van der Waals surface area (Å²) in [5.74, 6) is -0.237. The minimum Gasteiger partial charge on any atom is -0.389 e. The van der Waals surface area contributed by atoms with Gasteiger partial charge in [0.05, 0.1) is 0 Å². The van der Waals surface area contributed by atoms with E-state index >= 15 is 0 Å². The molecule has 0 saturated carbocycles. The molecule has 0 aliphatic heterocycles. The van der Waals surface area contributed by atoms with Gasteiger partial charge in [-0.15, -0.1) is 0 Å². The van der Waals surface area contributed by atoms with E-state index in [0.29, 0.717) is 17.1 Å². The normalized spacial score (nSPS) is 11.7. The molecule has 0 fully saturated rings. The highest BCUT2D eigenvalue weighted by molar-refractivity contribution is 7.80. The van der Waals surface area contributed by atoms with Crippen LogP contribution < -0.4 is 16.6 Å². The van der Waals surface area contributed by atoms with Crippen molar-refractivity contribution >= 4 is 28.8 Å². The number of hydrogen-bond donors (Lipinski definition) is 2. The first-order chi connectivity index (χ1) is 10.5. The molecule has 0 spiro atoms. The predicted octanol–water partition coefficient (Wildman–Crippen LogP) is 2.07. The lowest BCUT2D eigenvalue weighted by Crippen LogP contribution is -2.32. The molecule has 0 aliphatic carbocycles. The third kappa shape index (κ3) is 3.59. The van der Waals surface area contributed by atoms with Crippen molar-refractivity contribution in [2.24, 2.45) is 5.73 Å². The number of carbonyl (C=O) groups is 1. The van der Waals surface area contributed by atoms with Gasteiger partial charge < -0.3 is 15.6 Å². The fourth-order valence-corrected chi connectivity index (χ4v) is 2.29. The molecule has 1 unspecified atom stereocenters. The molecule has 0 radical (unpaired) electrons. The number of anilines is 1. The van der Waals surface area contributed by atoms with Crippen molar-refractivity contribution in [3.8, 4) is 0 Å². The Morgan fingerprint density at radius 3 is 2.50 bits per heavy atom. The number of aromatic nitrogens is 1. The molecule has 2 aromatic rings. The van der Waals surface area contributed by atoms with Crippen molar-refractivity contribution in [1.29, 1.82) is 0 Å². The van der Waals surface area contributed by atoms with Gasteiger partial charge in [0, 0.05) is 23.5 Å². The van der Waals surface area contributed by atoms with Crippen LogP contribution in [0.3, 0.4) is 0 Å². The Balaban J connectivity index is 2.18. The number of rotatable bonds is 5. The molecule has 1 heterocycles. The summed E-state index contributed by atoms with van der Waals surface area (Å²) in [5, 5.41) is 2.80. The maximum absolute atomic E-state index is 12.4. The molecular formula is C16H17N3O2S. The lowest BCUT2D eigenvalue weighted by molar-refractivity contribution is -0.119. The number of nitrogens with zero attached hydrogens (tertiary/aromatic N) is 1. The average molecular weight is 315 g/mol. The standard InChI is InChI=1S/C16H17N3O2S/c1-2-13(19-10-4-3-5-14(19)20)16(21)18-12-8-6-11(7-9-12)15(17)22/h3-10,13H,2H2,1H3,(H2,17,22)(H,18,21). The number of nitrogens with one attached hydrogen (secondary N) is 1. The molecule has 6 heteroatoms. The molecule has 114 valence electrons. The van der Waals surface area contributed by atoms with Crippen LogP contribution in [0.25, 0.3) is 0 Å². The number of amides is 1. The Hall–Kier alpha value is -2.47. The first-order valence-corrected chi connectivity index (χ1v) is 7.31. The van der Waals surface area contributed by atoms with Crippen LogP contribution in [0.1, 0.15) is 24.9 Å². The zero-order valence-electron chi connectivity index (χ0n) is 12.2. The summed E-state index contributed by atoms with van der Waals surface area (Å²) in [6.45, 7) is 1.86. The Bertz CT molecular complexity index is 738.